The number of carbonyl (C=O) groups excluding carboxylic acids is 3. The van der Waals surface area contributed by atoms with Crippen molar-refractivity contribution in [3.63, 3.8) is 0 Å². The van der Waals surface area contributed by atoms with Crippen LogP contribution >= 0.6 is 45.2 Å². The summed E-state index contributed by atoms with van der Waals surface area (Å²) in [6.07, 6.45) is 2.15. The van der Waals surface area contributed by atoms with Crippen LogP contribution in [0, 0.1) is 0 Å². The number of carbonyl (C=O) groups is 3. The van der Waals surface area contributed by atoms with Gasteiger partial charge in [0.05, 0.1) is 17.0 Å². The van der Waals surface area contributed by atoms with Crippen LogP contribution in [-0.4, -0.2) is 75.5 Å². The molecule has 0 aliphatic carbocycles. The third-order valence-electron chi connectivity index (χ3n) is 3.87. The zero-order chi connectivity index (χ0) is 16.7. The van der Waals surface area contributed by atoms with Gasteiger partial charge in [-0.1, -0.05) is 22.6 Å². The summed E-state index contributed by atoms with van der Waals surface area (Å²) in [4.78, 5) is 39.4. The summed E-state index contributed by atoms with van der Waals surface area (Å²) in [6.45, 7) is 2.05. The van der Waals surface area contributed by atoms with Crippen molar-refractivity contribution in [3.8, 4) is 0 Å². The molecule has 1 rings (SSSR count). The molecule has 0 bridgehead atoms. The van der Waals surface area contributed by atoms with Gasteiger partial charge in [0.2, 0.25) is 5.91 Å². The second-order valence-corrected chi connectivity index (χ2v) is 7.72. The summed E-state index contributed by atoms with van der Waals surface area (Å²) < 4.78 is 0.175. The van der Waals surface area contributed by atoms with E-state index in [9.17, 15) is 14.4 Å². The van der Waals surface area contributed by atoms with Crippen molar-refractivity contribution in [1.82, 2.24) is 15.1 Å². The minimum atomic E-state index is -0.687. The van der Waals surface area contributed by atoms with E-state index < -0.39 is 6.04 Å². The molecular formula is C14H23I2N3O3. The summed E-state index contributed by atoms with van der Waals surface area (Å²) in [6, 6.07) is -0.114. The molecule has 1 saturated heterocycles. The van der Waals surface area contributed by atoms with Crippen molar-refractivity contribution in [2.45, 2.75) is 31.3 Å². The van der Waals surface area contributed by atoms with Crippen LogP contribution in [-0.2, 0) is 14.4 Å². The third kappa shape index (κ3) is 7.18. The lowest BCUT2D eigenvalue weighted by Gasteiger charge is -2.34. The number of halogens is 2. The zero-order valence-electron chi connectivity index (χ0n) is 13.0. The average Bonchev–Trinajstić information content (AvgIpc) is 2.45. The van der Waals surface area contributed by atoms with E-state index in [0.717, 1.165) is 25.9 Å². The van der Waals surface area contributed by atoms with Gasteiger partial charge in [-0.3, -0.25) is 19.3 Å². The number of hydrogen-bond donors (Lipinski definition) is 1. The van der Waals surface area contributed by atoms with Crippen molar-refractivity contribution < 1.29 is 14.4 Å². The lowest BCUT2D eigenvalue weighted by atomic mass is 10.0. The zero-order valence-corrected chi connectivity index (χ0v) is 17.3. The minimum absolute atomic E-state index is 0.0663. The van der Waals surface area contributed by atoms with E-state index in [4.69, 9.17) is 0 Å². The quantitative estimate of drug-likeness (QED) is 0.284. The van der Waals surface area contributed by atoms with Crippen LogP contribution in [0.2, 0.25) is 0 Å². The average molecular weight is 535 g/mol. The van der Waals surface area contributed by atoms with Crippen molar-refractivity contribution >= 4 is 60.7 Å². The first-order chi connectivity index (χ1) is 10.3. The number of nitrogens with one attached hydrogen (secondary N) is 1. The normalized spacial score (nSPS) is 18.2. The van der Waals surface area contributed by atoms with Crippen LogP contribution in [0.5, 0.6) is 0 Å². The van der Waals surface area contributed by atoms with E-state index in [-0.39, 0.29) is 21.9 Å². The van der Waals surface area contributed by atoms with Gasteiger partial charge < -0.3 is 10.2 Å². The first-order valence-electron chi connectivity index (χ1n) is 7.28. The van der Waals surface area contributed by atoms with Gasteiger partial charge in [-0.05, 0) is 49.5 Å². The molecule has 1 aliphatic heterocycles. The second-order valence-electron chi connectivity index (χ2n) is 5.75. The van der Waals surface area contributed by atoms with Crippen LogP contribution < -0.4 is 5.32 Å². The smallest absolute Gasteiger partial charge is 0.234 e. The number of hydrogen-bond acceptors (Lipinski definition) is 5. The van der Waals surface area contributed by atoms with E-state index in [1.54, 1.807) is 22.6 Å². The fourth-order valence-corrected chi connectivity index (χ4v) is 3.51. The molecular weight excluding hydrogens is 512 g/mol. The number of alkyl halides is 1. The predicted octanol–water partition coefficient (Wildman–Crippen LogP) is 0.853. The van der Waals surface area contributed by atoms with Crippen molar-refractivity contribution in [2.75, 3.05) is 38.2 Å². The van der Waals surface area contributed by atoms with E-state index in [0.29, 0.717) is 17.0 Å². The molecule has 8 heteroatoms. The Labute approximate surface area is 159 Å². The van der Waals surface area contributed by atoms with Gasteiger partial charge in [0.1, 0.15) is 0 Å². The highest BCUT2D eigenvalue weighted by molar-refractivity contribution is 14.1. The molecule has 1 heterocycles. The van der Waals surface area contributed by atoms with Gasteiger partial charge in [-0.15, -0.1) is 0 Å². The molecule has 1 fully saturated rings. The highest BCUT2D eigenvalue weighted by atomic mass is 127. The van der Waals surface area contributed by atoms with Crippen molar-refractivity contribution in [1.29, 1.82) is 0 Å². The molecule has 1 aliphatic rings. The standard InChI is InChI=1S/C14H23I2N3O3/c1-18(2)10-3-5-19(6-4-10)9-14(22)17-11(7-13(16)21)12(20)8-15/h10-11H,3-9H2,1-2H3,(H,17,22). The molecule has 1 unspecified atom stereocenters. The molecule has 1 amide bonds. The van der Waals surface area contributed by atoms with Gasteiger partial charge in [-0.2, -0.15) is 0 Å². The molecule has 0 saturated carbocycles. The fourth-order valence-electron chi connectivity index (χ4n) is 2.54. The lowest BCUT2D eigenvalue weighted by molar-refractivity contribution is -0.128. The summed E-state index contributed by atoms with van der Waals surface area (Å²) in [5.41, 5.74) is 0. The summed E-state index contributed by atoms with van der Waals surface area (Å²) in [7, 11) is 4.16. The van der Waals surface area contributed by atoms with E-state index >= 15 is 0 Å². The monoisotopic (exact) mass is 535 g/mol. The van der Waals surface area contributed by atoms with Crippen molar-refractivity contribution in [2.24, 2.45) is 0 Å². The third-order valence-corrected chi connectivity index (χ3v) is 5.07. The number of likely N-dealkylation sites (tertiary alicyclic amines) is 1. The van der Waals surface area contributed by atoms with Gasteiger partial charge in [0.15, 0.2) is 9.57 Å². The molecule has 0 aromatic rings. The van der Waals surface area contributed by atoms with Gasteiger partial charge in [0.25, 0.3) is 0 Å². The lowest BCUT2D eigenvalue weighted by Crippen LogP contribution is -2.49. The highest BCUT2D eigenvalue weighted by Gasteiger charge is 2.25. The van der Waals surface area contributed by atoms with Crippen LogP contribution in [0.15, 0.2) is 0 Å². The van der Waals surface area contributed by atoms with E-state index in [1.165, 1.54) is 0 Å². The Morgan fingerprint density at radius 2 is 1.86 bits per heavy atom. The van der Waals surface area contributed by atoms with Crippen molar-refractivity contribution in [3.05, 3.63) is 0 Å². The number of piperidine rings is 1. The molecule has 1 atom stereocenters. The molecule has 1 N–H and O–H groups in total. The Kier molecular flexibility index (Phi) is 9.32. The molecule has 22 heavy (non-hydrogen) atoms. The number of rotatable bonds is 8. The largest absolute Gasteiger partial charge is 0.345 e. The number of ketones is 1. The van der Waals surface area contributed by atoms with Crippen LogP contribution in [0.1, 0.15) is 19.3 Å². The SMILES string of the molecule is CN(C)C1CCN(CC(=O)NC(CC(=O)I)C(=O)CI)CC1. The van der Waals surface area contributed by atoms with Gasteiger partial charge >= 0.3 is 0 Å². The Balaban J connectivity index is 2.44. The van der Waals surface area contributed by atoms with Gasteiger partial charge in [0, 0.05) is 25.6 Å². The molecule has 0 aromatic heterocycles. The van der Waals surface area contributed by atoms with Crippen LogP contribution in [0.25, 0.3) is 0 Å². The van der Waals surface area contributed by atoms with Crippen LogP contribution in [0.3, 0.4) is 0 Å². The second kappa shape index (κ2) is 10.1. The maximum absolute atomic E-state index is 12.1. The number of Topliss-reactive ketones (excluding diaryl/α,β-unsaturated/α-hetero) is 1. The fraction of sp³-hybridized carbons (Fsp3) is 0.786. The molecule has 126 valence electrons. The molecule has 6 nitrogen and oxygen atoms in total. The first kappa shape index (κ1) is 20.2. The Hall–Kier alpha value is 0.190. The number of nitrogens with zero attached hydrogens (tertiary/aromatic N) is 2. The highest BCUT2D eigenvalue weighted by Crippen LogP contribution is 2.13. The topological polar surface area (TPSA) is 69.7 Å². The van der Waals surface area contributed by atoms with Crippen LogP contribution in [0.4, 0.5) is 0 Å². The summed E-state index contributed by atoms with van der Waals surface area (Å²) in [5.74, 6) is -0.283. The maximum atomic E-state index is 12.1. The molecule has 0 spiro atoms. The Bertz CT molecular complexity index is 410. The number of amides is 1. The predicted molar refractivity (Wildman–Crippen MR) is 103 cm³/mol. The Morgan fingerprint density at radius 1 is 1.27 bits per heavy atom. The van der Waals surface area contributed by atoms with E-state index in [2.05, 4.69) is 29.2 Å². The first-order valence-corrected chi connectivity index (χ1v) is 9.89. The minimum Gasteiger partial charge on any atom is -0.345 e. The summed E-state index contributed by atoms with van der Waals surface area (Å²) >= 11 is 3.61. The maximum Gasteiger partial charge on any atom is 0.234 e. The Morgan fingerprint density at radius 3 is 2.32 bits per heavy atom. The molecule has 0 radical (unpaired) electrons. The summed E-state index contributed by atoms with van der Waals surface area (Å²) in [5, 5.41) is 2.71. The van der Waals surface area contributed by atoms with Gasteiger partial charge in [-0.25, -0.2) is 0 Å². The van der Waals surface area contributed by atoms with E-state index in [1.807, 2.05) is 22.6 Å². The molecule has 0 aromatic carbocycles.